The van der Waals surface area contributed by atoms with Crippen LogP contribution in [0.4, 0.5) is 4.39 Å². The summed E-state index contributed by atoms with van der Waals surface area (Å²) in [5, 5.41) is 20.5. The number of halogens is 1. The van der Waals surface area contributed by atoms with Gasteiger partial charge in [0.05, 0.1) is 10.7 Å². The summed E-state index contributed by atoms with van der Waals surface area (Å²) < 4.78 is 72.1. The van der Waals surface area contributed by atoms with Crippen molar-refractivity contribution in [1.82, 2.24) is 9.55 Å². The molecule has 11 nitrogen and oxygen atoms in total. The number of nitrogens with one attached hydrogen (secondary N) is 1. The summed E-state index contributed by atoms with van der Waals surface area (Å²) in [6.07, 6.45) is -7.82. The zero-order chi connectivity index (χ0) is 23.5. The fourth-order valence-electron chi connectivity index (χ4n) is 2.65. The van der Waals surface area contributed by atoms with Crippen LogP contribution >= 0.6 is 7.82 Å². The van der Waals surface area contributed by atoms with Crippen LogP contribution in [0.2, 0.25) is 0 Å². The highest BCUT2D eigenvalue weighted by molar-refractivity contribution is 7.49. The first-order chi connectivity index (χ1) is 14.8. The Balaban J connectivity index is 1.67. The minimum atomic E-state index is -4.80. The Kier molecular flexibility index (Phi) is 4.07. The van der Waals surface area contributed by atoms with E-state index in [2.05, 4.69) is 4.52 Å². The van der Waals surface area contributed by atoms with Crippen molar-refractivity contribution in [3.05, 3.63) is 62.9 Å². The smallest absolute Gasteiger partial charge is 0.404 e. The monoisotopic (exact) mass is 433 g/mol. The molecular weight excluding hydrogens is 414 g/mol. The third kappa shape index (κ3) is 3.66. The lowest BCUT2D eigenvalue weighted by Gasteiger charge is -2.28. The molecule has 5 atom stereocenters. The molecule has 2 aromatic rings. The van der Waals surface area contributed by atoms with Crippen molar-refractivity contribution in [1.29, 1.82) is 0 Å². The van der Waals surface area contributed by atoms with Crippen molar-refractivity contribution in [3.63, 3.8) is 0 Å². The Morgan fingerprint density at radius 1 is 1.41 bits per heavy atom. The quantitative estimate of drug-likeness (QED) is 0.574. The molecule has 2 aliphatic rings. The van der Waals surface area contributed by atoms with E-state index in [0.29, 0.717) is 11.8 Å². The van der Waals surface area contributed by atoms with E-state index in [9.17, 15) is 24.4 Å². The zero-order valence-electron chi connectivity index (χ0n) is 17.4. The number of ether oxygens (including phenoxy) is 1. The van der Waals surface area contributed by atoms with Gasteiger partial charge >= 0.3 is 13.5 Å². The van der Waals surface area contributed by atoms with Gasteiger partial charge in [0.15, 0.2) is 6.20 Å². The number of fused-ring (bicyclic) bond motifs is 1. The standard InChI is InChI=1S/C16H16FN2O9P/c17-16(8-26-29(24)25-7-9-3-1-2-4-10(9)28-29)13(22)12(21)14(27-16)19-6-5-11(20)18-15(19)23/h1-6,12-14,21-22H,7-8H2,(H,18,20,23)/t12-,13+,14-,16-,29?/m1/s1/i8D2,14D. The van der Waals surface area contributed by atoms with E-state index in [1.165, 1.54) is 12.1 Å². The number of aromatic amines is 1. The summed E-state index contributed by atoms with van der Waals surface area (Å²) in [5.74, 6) is -4.02. The van der Waals surface area contributed by atoms with Crippen LogP contribution in [0.15, 0.2) is 46.1 Å². The summed E-state index contributed by atoms with van der Waals surface area (Å²) >= 11 is 0. The van der Waals surface area contributed by atoms with E-state index in [-0.39, 0.29) is 16.9 Å². The summed E-state index contributed by atoms with van der Waals surface area (Å²) in [7, 11) is -4.80. The Bertz CT molecular complexity index is 1230. The molecule has 1 aromatic heterocycles. The first kappa shape index (κ1) is 16.5. The van der Waals surface area contributed by atoms with Crippen molar-refractivity contribution >= 4 is 7.82 Å². The molecule has 0 saturated carbocycles. The van der Waals surface area contributed by atoms with Gasteiger partial charge < -0.3 is 19.5 Å². The van der Waals surface area contributed by atoms with Crippen molar-refractivity contribution in [3.8, 4) is 5.75 Å². The fraction of sp³-hybridized carbons (Fsp3) is 0.375. The van der Waals surface area contributed by atoms with Gasteiger partial charge in [0.1, 0.15) is 24.5 Å². The highest BCUT2D eigenvalue weighted by atomic mass is 31.2. The average molecular weight is 433 g/mol. The van der Waals surface area contributed by atoms with Gasteiger partial charge in [-0.1, -0.05) is 18.2 Å². The lowest BCUT2D eigenvalue weighted by atomic mass is 10.1. The lowest BCUT2D eigenvalue weighted by Crippen LogP contribution is -2.43. The lowest BCUT2D eigenvalue weighted by molar-refractivity contribution is -0.205. The third-order valence-electron chi connectivity index (χ3n) is 4.10. The van der Waals surface area contributed by atoms with Gasteiger partial charge in [0.2, 0.25) is 0 Å². The van der Waals surface area contributed by atoms with E-state index in [1.54, 1.807) is 17.1 Å². The summed E-state index contributed by atoms with van der Waals surface area (Å²) in [6.45, 7) is -4.16. The largest absolute Gasteiger partial charge is 0.530 e. The molecule has 2 aliphatic heterocycles. The number of nitrogens with zero attached hydrogens (tertiary/aromatic N) is 1. The number of benzene rings is 1. The molecule has 1 saturated heterocycles. The number of H-pyrrole nitrogens is 1. The molecule has 1 unspecified atom stereocenters. The van der Waals surface area contributed by atoms with Crippen LogP contribution in [-0.2, 0) is 25.0 Å². The number of phosphoric acid groups is 1. The Morgan fingerprint density at radius 3 is 2.93 bits per heavy atom. The summed E-state index contributed by atoms with van der Waals surface area (Å²) in [6, 6.07) is 6.87. The van der Waals surface area contributed by atoms with Crippen LogP contribution in [0.1, 0.15) is 15.9 Å². The number of alkyl halides is 1. The van der Waals surface area contributed by atoms with E-state index in [4.69, 9.17) is 17.9 Å². The Hall–Kier alpha value is -2.34. The summed E-state index contributed by atoms with van der Waals surface area (Å²) in [5.41, 5.74) is -1.74. The maximum atomic E-state index is 15.7. The van der Waals surface area contributed by atoms with Gasteiger partial charge in [-0.3, -0.25) is 23.4 Å². The Labute approximate surface area is 166 Å². The van der Waals surface area contributed by atoms with Gasteiger partial charge in [-0.2, -0.15) is 0 Å². The number of phosphoric ester groups is 1. The van der Waals surface area contributed by atoms with Crippen LogP contribution in [0.5, 0.6) is 5.75 Å². The maximum Gasteiger partial charge on any atom is 0.530 e. The molecule has 156 valence electrons. The van der Waals surface area contributed by atoms with Crippen LogP contribution in [0.3, 0.4) is 0 Å². The van der Waals surface area contributed by atoms with Gasteiger partial charge in [0, 0.05) is 17.8 Å². The van der Waals surface area contributed by atoms with Crippen LogP contribution < -0.4 is 15.8 Å². The highest BCUT2D eigenvalue weighted by Crippen LogP contribution is 2.55. The molecular formula is C16H16FN2O9P. The predicted octanol–water partition coefficient (Wildman–Crippen LogP) is 0.187. The number of aromatic nitrogens is 2. The molecule has 4 rings (SSSR count). The molecule has 3 N–H and O–H groups in total. The molecule has 0 amide bonds. The number of hydrogen-bond acceptors (Lipinski definition) is 9. The molecule has 13 heteroatoms. The fourth-order valence-corrected chi connectivity index (χ4v) is 3.74. The van der Waals surface area contributed by atoms with Crippen molar-refractivity contribution in [2.45, 2.75) is 30.9 Å². The van der Waals surface area contributed by atoms with Gasteiger partial charge in [-0.05, 0) is 6.07 Å². The minimum Gasteiger partial charge on any atom is -0.404 e. The molecule has 29 heavy (non-hydrogen) atoms. The second-order valence-electron chi connectivity index (χ2n) is 6.07. The van der Waals surface area contributed by atoms with Crippen LogP contribution in [-0.4, -0.2) is 44.4 Å². The van der Waals surface area contributed by atoms with E-state index in [1.807, 2.05) is 0 Å². The Morgan fingerprint density at radius 2 is 2.17 bits per heavy atom. The first-order valence-electron chi connectivity index (χ1n) is 9.62. The normalized spacial score (nSPS) is 38.4. The van der Waals surface area contributed by atoms with Crippen molar-refractivity contribution < 1.29 is 41.6 Å². The predicted molar refractivity (Wildman–Crippen MR) is 92.7 cm³/mol. The third-order valence-corrected chi connectivity index (χ3v) is 5.29. The molecule has 0 aliphatic carbocycles. The van der Waals surface area contributed by atoms with Gasteiger partial charge in [-0.15, -0.1) is 0 Å². The molecule has 1 fully saturated rings. The second-order valence-corrected chi connectivity index (χ2v) is 7.59. The van der Waals surface area contributed by atoms with E-state index < -0.39 is 49.9 Å². The highest BCUT2D eigenvalue weighted by Gasteiger charge is 2.57. The number of aliphatic hydroxyl groups excluding tert-OH is 2. The average Bonchev–Trinajstić information content (AvgIpc) is 2.89. The molecule has 3 heterocycles. The molecule has 1 aromatic carbocycles. The van der Waals surface area contributed by atoms with Crippen molar-refractivity contribution in [2.75, 3.05) is 6.56 Å². The SMILES string of the molecule is [2H]C([2H])(OP1(=O)OCc2ccccc2O1)[C@@]1(F)O[C@@]([2H])(n2ccc(=O)[nH]c2=O)[C@H](O)[C@@H]1O. The number of para-hydroxylation sites is 1. The van der Waals surface area contributed by atoms with E-state index in [0.717, 1.165) is 6.07 Å². The van der Waals surface area contributed by atoms with Gasteiger partial charge in [-0.25, -0.2) is 13.8 Å². The molecule has 0 bridgehead atoms. The number of rotatable bonds is 4. The second kappa shape index (κ2) is 7.17. The number of hydrogen-bond donors (Lipinski definition) is 3. The topological polar surface area (TPSA) is 149 Å². The van der Waals surface area contributed by atoms with Crippen molar-refractivity contribution in [2.24, 2.45) is 0 Å². The zero-order valence-corrected chi connectivity index (χ0v) is 15.2. The maximum absolute atomic E-state index is 15.7. The minimum absolute atomic E-state index is 0.0216. The first-order valence-corrected chi connectivity index (χ1v) is 9.58. The van der Waals surface area contributed by atoms with Gasteiger partial charge in [0.25, 0.3) is 11.4 Å². The van der Waals surface area contributed by atoms with E-state index >= 15 is 4.39 Å². The van der Waals surface area contributed by atoms with Crippen LogP contribution in [0.25, 0.3) is 0 Å². The molecule has 0 spiro atoms. The van der Waals surface area contributed by atoms with Crippen LogP contribution in [0, 0.1) is 0 Å². The summed E-state index contributed by atoms with van der Waals surface area (Å²) in [4.78, 5) is 25.0. The number of aliphatic hydroxyl groups is 2. The molecule has 0 radical (unpaired) electrons.